The summed E-state index contributed by atoms with van der Waals surface area (Å²) in [5, 5.41) is 8.31. The van der Waals surface area contributed by atoms with Gasteiger partial charge in [-0.25, -0.2) is 4.68 Å². The monoisotopic (exact) mass is 363 g/mol. The molecule has 3 aromatic rings. The van der Waals surface area contributed by atoms with Crippen molar-refractivity contribution in [3.63, 3.8) is 0 Å². The summed E-state index contributed by atoms with van der Waals surface area (Å²) in [7, 11) is 2.03. The lowest BCUT2D eigenvalue weighted by molar-refractivity contribution is -0.119. The van der Waals surface area contributed by atoms with Gasteiger partial charge in [0.2, 0.25) is 5.91 Å². The Labute approximate surface area is 156 Å². The average molecular weight is 363 g/mol. The highest BCUT2D eigenvalue weighted by atomic mass is 16.2. The minimum absolute atomic E-state index is 0.0401. The zero-order valence-corrected chi connectivity index (χ0v) is 15.1. The van der Waals surface area contributed by atoms with Crippen LogP contribution in [0.1, 0.15) is 16.8 Å². The molecule has 3 N–H and O–H groups in total. The molecule has 7 heteroatoms. The van der Waals surface area contributed by atoms with Crippen molar-refractivity contribution in [1.82, 2.24) is 14.7 Å². The summed E-state index contributed by atoms with van der Waals surface area (Å²) in [5.41, 5.74) is 7.99. The van der Waals surface area contributed by atoms with Gasteiger partial charge in [-0.1, -0.05) is 12.1 Å². The van der Waals surface area contributed by atoms with E-state index >= 15 is 0 Å². The first-order valence-corrected chi connectivity index (χ1v) is 8.89. The van der Waals surface area contributed by atoms with E-state index in [9.17, 15) is 9.59 Å². The van der Waals surface area contributed by atoms with Gasteiger partial charge in [-0.2, -0.15) is 5.10 Å². The minimum atomic E-state index is -0.499. The number of carbonyl (C=O) groups is 2. The van der Waals surface area contributed by atoms with Crippen LogP contribution in [0.3, 0.4) is 0 Å². The average Bonchev–Trinajstić information content (AvgIpc) is 3.28. The summed E-state index contributed by atoms with van der Waals surface area (Å²) in [6, 6.07) is 12.8. The Kier molecular flexibility index (Phi) is 4.37. The van der Waals surface area contributed by atoms with Gasteiger partial charge in [-0.15, -0.1) is 0 Å². The second kappa shape index (κ2) is 6.85. The zero-order chi connectivity index (χ0) is 19.0. The van der Waals surface area contributed by atoms with Crippen molar-refractivity contribution in [1.29, 1.82) is 0 Å². The van der Waals surface area contributed by atoms with Gasteiger partial charge in [0.25, 0.3) is 5.91 Å². The van der Waals surface area contributed by atoms with Gasteiger partial charge in [0.1, 0.15) is 5.52 Å². The van der Waals surface area contributed by atoms with Gasteiger partial charge < -0.3 is 16.0 Å². The first-order chi connectivity index (χ1) is 13.0. The number of benzene rings is 2. The van der Waals surface area contributed by atoms with E-state index in [-0.39, 0.29) is 11.8 Å². The van der Waals surface area contributed by atoms with E-state index in [0.29, 0.717) is 11.1 Å². The molecule has 1 fully saturated rings. The fourth-order valence-electron chi connectivity index (χ4n) is 3.47. The Balaban J connectivity index is 1.54. The molecule has 0 saturated carbocycles. The van der Waals surface area contributed by atoms with Crippen molar-refractivity contribution in [2.24, 2.45) is 11.7 Å². The van der Waals surface area contributed by atoms with E-state index in [2.05, 4.69) is 15.3 Å². The number of nitrogens with zero attached hydrogens (tertiary/aromatic N) is 3. The molecule has 0 aliphatic carbocycles. The summed E-state index contributed by atoms with van der Waals surface area (Å²) in [6.07, 6.45) is 2.74. The fraction of sp³-hybridized carbons (Fsp3) is 0.250. The van der Waals surface area contributed by atoms with Crippen LogP contribution in [0.4, 0.5) is 5.69 Å². The first-order valence-electron chi connectivity index (χ1n) is 8.89. The number of carbonyl (C=O) groups excluding carboxylic acids is 2. The molecule has 2 amide bonds. The predicted octanol–water partition coefficient (Wildman–Crippen LogP) is 2.01. The van der Waals surface area contributed by atoms with Crippen LogP contribution >= 0.6 is 0 Å². The molecule has 138 valence electrons. The van der Waals surface area contributed by atoms with E-state index in [4.69, 9.17) is 5.73 Å². The maximum Gasteiger partial charge on any atom is 0.250 e. The van der Waals surface area contributed by atoms with Gasteiger partial charge >= 0.3 is 0 Å². The molecule has 2 aromatic carbocycles. The Morgan fingerprint density at radius 2 is 1.96 bits per heavy atom. The molecule has 4 rings (SSSR count). The van der Waals surface area contributed by atoms with Crippen molar-refractivity contribution >= 4 is 28.4 Å². The van der Waals surface area contributed by atoms with Crippen LogP contribution in [-0.2, 0) is 4.79 Å². The Morgan fingerprint density at radius 3 is 2.63 bits per heavy atom. The topological polar surface area (TPSA) is 93.3 Å². The van der Waals surface area contributed by atoms with E-state index in [1.165, 1.54) is 0 Å². The molecular weight excluding hydrogens is 342 g/mol. The predicted molar refractivity (Wildman–Crippen MR) is 104 cm³/mol. The van der Waals surface area contributed by atoms with Gasteiger partial charge in [0, 0.05) is 23.8 Å². The van der Waals surface area contributed by atoms with Crippen LogP contribution < -0.4 is 11.1 Å². The first kappa shape index (κ1) is 17.2. The number of hydrogen-bond donors (Lipinski definition) is 2. The molecule has 1 atom stereocenters. The number of aromatic nitrogens is 2. The summed E-state index contributed by atoms with van der Waals surface area (Å²) < 4.78 is 1.70. The molecule has 7 nitrogen and oxygen atoms in total. The lowest BCUT2D eigenvalue weighted by atomic mass is 10.1. The zero-order valence-electron chi connectivity index (χ0n) is 15.1. The summed E-state index contributed by atoms with van der Waals surface area (Å²) >= 11 is 0. The number of likely N-dealkylation sites (tertiary alicyclic amines) is 1. The molecule has 27 heavy (non-hydrogen) atoms. The smallest absolute Gasteiger partial charge is 0.250 e. The van der Waals surface area contributed by atoms with Crippen LogP contribution in [0.15, 0.2) is 48.7 Å². The largest absolute Gasteiger partial charge is 0.366 e. The normalized spacial score (nSPS) is 17.3. The van der Waals surface area contributed by atoms with Crippen LogP contribution in [0.25, 0.3) is 16.6 Å². The lowest BCUT2D eigenvalue weighted by Gasteiger charge is -2.11. The summed E-state index contributed by atoms with van der Waals surface area (Å²) in [6.45, 7) is 1.75. The van der Waals surface area contributed by atoms with Crippen molar-refractivity contribution in [2.75, 3.05) is 25.5 Å². The SMILES string of the molecule is CN1CCC(C(=O)Nc2ccc(-n3cc4cccc(C(N)=O)c4n3)cc2)C1. The second-order valence-corrected chi connectivity index (χ2v) is 6.97. The van der Waals surface area contributed by atoms with Gasteiger partial charge in [0.05, 0.1) is 17.2 Å². The van der Waals surface area contributed by atoms with Crippen LogP contribution in [-0.4, -0.2) is 46.6 Å². The third kappa shape index (κ3) is 3.41. The third-order valence-corrected chi connectivity index (χ3v) is 4.96. The van der Waals surface area contributed by atoms with Crippen LogP contribution in [0, 0.1) is 5.92 Å². The summed E-state index contributed by atoms with van der Waals surface area (Å²) in [5.74, 6) is -0.400. The Hall–Kier alpha value is -3.19. The number of fused-ring (bicyclic) bond motifs is 1. The van der Waals surface area contributed by atoms with Crippen molar-refractivity contribution in [3.05, 3.63) is 54.2 Å². The van der Waals surface area contributed by atoms with Crippen LogP contribution in [0.2, 0.25) is 0 Å². The molecule has 1 aliphatic rings. The van der Waals surface area contributed by atoms with Crippen molar-refractivity contribution in [3.8, 4) is 5.69 Å². The maximum absolute atomic E-state index is 12.3. The maximum atomic E-state index is 12.3. The van der Waals surface area contributed by atoms with Crippen molar-refractivity contribution in [2.45, 2.75) is 6.42 Å². The molecule has 1 aromatic heterocycles. The number of hydrogen-bond acceptors (Lipinski definition) is 4. The van der Waals surface area contributed by atoms with Gasteiger partial charge in [-0.3, -0.25) is 9.59 Å². The quantitative estimate of drug-likeness (QED) is 0.742. The number of nitrogens with one attached hydrogen (secondary N) is 1. The summed E-state index contributed by atoms with van der Waals surface area (Å²) in [4.78, 5) is 26.1. The molecule has 1 unspecified atom stereocenters. The van der Waals surface area contributed by atoms with E-state index < -0.39 is 5.91 Å². The number of rotatable bonds is 4. The molecule has 1 aliphatic heterocycles. The highest BCUT2D eigenvalue weighted by Gasteiger charge is 2.26. The number of amides is 2. The highest BCUT2D eigenvalue weighted by molar-refractivity contribution is 6.04. The second-order valence-electron chi connectivity index (χ2n) is 6.97. The number of primary amides is 1. The van der Waals surface area contributed by atoms with Crippen molar-refractivity contribution < 1.29 is 9.59 Å². The van der Waals surface area contributed by atoms with E-state index in [0.717, 1.165) is 36.3 Å². The van der Waals surface area contributed by atoms with Crippen LogP contribution in [0.5, 0.6) is 0 Å². The molecule has 0 spiro atoms. The third-order valence-electron chi connectivity index (χ3n) is 4.96. The lowest BCUT2D eigenvalue weighted by Crippen LogP contribution is -2.25. The molecular formula is C20H21N5O2. The number of anilines is 1. The fourth-order valence-corrected chi connectivity index (χ4v) is 3.47. The van der Waals surface area contributed by atoms with Gasteiger partial charge in [0.15, 0.2) is 0 Å². The standard InChI is InChI=1S/C20H21N5O2/c1-24-10-9-14(11-24)20(27)22-15-5-7-16(8-6-15)25-12-13-3-2-4-17(19(21)26)18(13)23-25/h2-8,12,14H,9-11H2,1H3,(H2,21,26)(H,22,27). The molecule has 1 saturated heterocycles. The molecule has 0 bridgehead atoms. The van der Waals surface area contributed by atoms with E-state index in [1.54, 1.807) is 16.8 Å². The van der Waals surface area contributed by atoms with Gasteiger partial charge in [-0.05, 0) is 50.3 Å². The Bertz CT molecular complexity index is 1010. The number of nitrogens with two attached hydrogens (primary N) is 1. The minimum Gasteiger partial charge on any atom is -0.366 e. The molecule has 0 radical (unpaired) electrons. The molecule has 2 heterocycles. The Morgan fingerprint density at radius 1 is 1.19 bits per heavy atom. The highest BCUT2D eigenvalue weighted by Crippen LogP contribution is 2.21. The van der Waals surface area contributed by atoms with E-state index in [1.807, 2.05) is 43.6 Å².